The van der Waals surface area contributed by atoms with Gasteiger partial charge in [0.05, 0.1) is 5.92 Å². The van der Waals surface area contributed by atoms with Gasteiger partial charge in [0.1, 0.15) is 6.10 Å². The Balaban J connectivity index is 2.28. The van der Waals surface area contributed by atoms with Crippen LogP contribution < -0.4 is 5.11 Å². The fourth-order valence-electron chi connectivity index (χ4n) is 1.89. The van der Waals surface area contributed by atoms with Crippen molar-refractivity contribution in [1.29, 1.82) is 0 Å². The molecule has 0 bridgehead atoms. The van der Waals surface area contributed by atoms with Crippen molar-refractivity contribution in [2.75, 3.05) is 0 Å². The first kappa shape index (κ1) is 12.0. The lowest BCUT2D eigenvalue weighted by atomic mass is 9.99. The first-order chi connectivity index (χ1) is 7.13. The van der Waals surface area contributed by atoms with Crippen molar-refractivity contribution in [3.05, 3.63) is 0 Å². The second-order valence-corrected chi connectivity index (χ2v) is 4.06. The summed E-state index contributed by atoms with van der Waals surface area (Å²) in [6, 6.07) is 0. The van der Waals surface area contributed by atoms with Crippen molar-refractivity contribution < 1.29 is 19.4 Å². The molecule has 1 fully saturated rings. The van der Waals surface area contributed by atoms with Crippen molar-refractivity contribution in [3.63, 3.8) is 0 Å². The molecule has 1 aliphatic rings. The zero-order chi connectivity index (χ0) is 11.3. The second kappa shape index (κ2) is 5.73. The Morgan fingerprint density at radius 2 is 2.27 bits per heavy atom. The summed E-state index contributed by atoms with van der Waals surface area (Å²) in [7, 11) is 0. The molecular formula is C11H17O4-. The lowest BCUT2D eigenvalue weighted by molar-refractivity contribution is -0.306. The number of unbranched alkanes of at least 4 members (excludes halogenated alkanes) is 2. The maximum absolute atomic E-state index is 11.2. The minimum atomic E-state index is -1.17. The SMILES string of the molecule is CCCCC[C@H]1C[C@@H](CC(=O)[O-])C(=O)O1. The van der Waals surface area contributed by atoms with E-state index in [0.717, 1.165) is 25.7 Å². The van der Waals surface area contributed by atoms with E-state index in [1.165, 1.54) is 0 Å². The number of hydrogen-bond acceptors (Lipinski definition) is 4. The molecule has 0 N–H and O–H groups in total. The van der Waals surface area contributed by atoms with Gasteiger partial charge in [-0.1, -0.05) is 19.8 Å². The van der Waals surface area contributed by atoms with Gasteiger partial charge in [-0.15, -0.1) is 0 Å². The van der Waals surface area contributed by atoms with E-state index in [-0.39, 0.29) is 18.5 Å². The van der Waals surface area contributed by atoms with Gasteiger partial charge < -0.3 is 14.6 Å². The summed E-state index contributed by atoms with van der Waals surface area (Å²) < 4.78 is 5.09. The number of carboxylic acid groups (broad SMARTS) is 1. The molecular weight excluding hydrogens is 196 g/mol. The molecule has 0 aromatic heterocycles. The minimum absolute atomic E-state index is 0.0756. The summed E-state index contributed by atoms with van der Waals surface area (Å²) in [4.78, 5) is 21.6. The average Bonchev–Trinajstić information content (AvgIpc) is 2.47. The summed E-state index contributed by atoms with van der Waals surface area (Å²) in [5.41, 5.74) is 0. The molecule has 1 rings (SSSR count). The monoisotopic (exact) mass is 213 g/mol. The van der Waals surface area contributed by atoms with Crippen LogP contribution in [0.15, 0.2) is 0 Å². The topological polar surface area (TPSA) is 66.4 Å². The molecule has 0 amide bonds. The first-order valence-corrected chi connectivity index (χ1v) is 5.53. The Morgan fingerprint density at radius 1 is 1.53 bits per heavy atom. The normalized spacial score (nSPS) is 25.3. The first-order valence-electron chi connectivity index (χ1n) is 5.53. The molecule has 15 heavy (non-hydrogen) atoms. The van der Waals surface area contributed by atoms with E-state index >= 15 is 0 Å². The van der Waals surface area contributed by atoms with Crippen LogP contribution in [0.2, 0.25) is 0 Å². The molecule has 86 valence electrons. The van der Waals surface area contributed by atoms with Crippen LogP contribution in [0.3, 0.4) is 0 Å². The number of aliphatic carboxylic acids is 1. The van der Waals surface area contributed by atoms with Crippen LogP contribution in [0.5, 0.6) is 0 Å². The van der Waals surface area contributed by atoms with E-state index < -0.39 is 11.9 Å². The van der Waals surface area contributed by atoms with Gasteiger partial charge in [-0.25, -0.2) is 0 Å². The van der Waals surface area contributed by atoms with Gasteiger partial charge in [-0.2, -0.15) is 0 Å². The van der Waals surface area contributed by atoms with E-state index in [0.29, 0.717) is 6.42 Å². The van der Waals surface area contributed by atoms with Gasteiger partial charge in [0.15, 0.2) is 0 Å². The van der Waals surface area contributed by atoms with Crippen molar-refractivity contribution in [2.45, 2.75) is 51.6 Å². The maximum Gasteiger partial charge on any atom is 0.309 e. The highest BCUT2D eigenvalue weighted by Gasteiger charge is 2.33. The van der Waals surface area contributed by atoms with Gasteiger partial charge in [0.2, 0.25) is 0 Å². The number of carbonyl (C=O) groups is 2. The van der Waals surface area contributed by atoms with E-state index in [2.05, 4.69) is 6.92 Å². The largest absolute Gasteiger partial charge is 0.550 e. The fraction of sp³-hybridized carbons (Fsp3) is 0.818. The quantitative estimate of drug-likeness (QED) is 0.479. The molecule has 0 radical (unpaired) electrons. The van der Waals surface area contributed by atoms with Gasteiger partial charge in [0, 0.05) is 12.4 Å². The lowest BCUT2D eigenvalue weighted by Crippen LogP contribution is -2.26. The third-order valence-electron chi connectivity index (χ3n) is 2.71. The second-order valence-electron chi connectivity index (χ2n) is 4.06. The highest BCUT2D eigenvalue weighted by Crippen LogP contribution is 2.27. The molecule has 1 heterocycles. The molecule has 2 atom stereocenters. The van der Waals surface area contributed by atoms with Crippen LogP contribution in [-0.4, -0.2) is 18.0 Å². The smallest absolute Gasteiger partial charge is 0.309 e. The third-order valence-corrected chi connectivity index (χ3v) is 2.71. The standard InChI is InChI=1S/C11H18O4/c1-2-3-4-5-9-6-8(7-10(12)13)11(14)15-9/h8-9H,2-7H2,1H3,(H,12,13)/p-1/t8-,9-/m0/s1. The maximum atomic E-state index is 11.2. The zero-order valence-electron chi connectivity index (χ0n) is 9.03. The highest BCUT2D eigenvalue weighted by molar-refractivity contribution is 5.79. The molecule has 0 aliphatic carbocycles. The van der Waals surface area contributed by atoms with Gasteiger partial charge in [-0.05, 0) is 19.3 Å². The van der Waals surface area contributed by atoms with Crippen molar-refractivity contribution in [3.8, 4) is 0 Å². The van der Waals surface area contributed by atoms with Crippen molar-refractivity contribution in [1.82, 2.24) is 0 Å². The molecule has 1 saturated heterocycles. The zero-order valence-corrected chi connectivity index (χ0v) is 9.03. The number of ether oxygens (including phenoxy) is 1. The van der Waals surface area contributed by atoms with Crippen molar-refractivity contribution in [2.24, 2.45) is 5.92 Å². The Labute approximate surface area is 89.6 Å². The molecule has 0 saturated carbocycles. The predicted molar refractivity (Wildman–Crippen MR) is 51.8 cm³/mol. The molecule has 4 nitrogen and oxygen atoms in total. The van der Waals surface area contributed by atoms with E-state index in [4.69, 9.17) is 4.74 Å². The van der Waals surface area contributed by atoms with Crippen LogP contribution in [0.25, 0.3) is 0 Å². The number of esters is 1. The molecule has 0 unspecified atom stereocenters. The van der Waals surface area contributed by atoms with Gasteiger partial charge in [0.25, 0.3) is 0 Å². The van der Waals surface area contributed by atoms with Crippen LogP contribution in [0.4, 0.5) is 0 Å². The number of carbonyl (C=O) groups excluding carboxylic acids is 2. The van der Waals surface area contributed by atoms with Crippen LogP contribution >= 0.6 is 0 Å². The number of hydrogen-bond donors (Lipinski definition) is 0. The summed E-state index contributed by atoms with van der Waals surface area (Å²) in [6.07, 6.45) is 4.39. The minimum Gasteiger partial charge on any atom is -0.550 e. The molecule has 1 aliphatic heterocycles. The summed E-state index contributed by atoms with van der Waals surface area (Å²) in [5, 5.41) is 10.3. The lowest BCUT2D eigenvalue weighted by Gasteiger charge is -2.07. The Morgan fingerprint density at radius 3 is 2.87 bits per heavy atom. The summed E-state index contributed by atoms with van der Waals surface area (Å²) in [5.74, 6) is -2.03. The molecule has 0 aromatic carbocycles. The summed E-state index contributed by atoms with van der Waals surface area (Å²) >= 11 is 0. The average molecular weight is 213 g/mol. The summed E-state index contributed by atoms with van der Waals surface area (Å²) in [6.45, 7) is 2.11. The molecule has 0 spiro atoms. The van der Waals surface area contributed by atoms with Gasteiger partial charge >= 0.3 is 5.97 Å². The Hall–Kier alpha value is -1.06. The highest BCUT2D eigenvalue weighted by atomic mass is 16.6. The third kappa shape index (κ3) is 3.90. The van der Waals surface area contributed by atoms with E-state index in [1.807, 2.05) is 0 Å². The fourth-order valence-corrected chi connectivity index (χ4v) is 1.89. The number of rotatable bonds is 6. The van der Waals surface area contributed by atoms with Crippen LogP contribution in [0, 0.1) is 5.92 Å². The molecule has 0 aromatic rings. The van der Waals surface area contributed by atoms with Crippen LogP contribution in [-0.2, 0) is 14.3 Å². The number of cyclic esters (lactones) is 1. The van der Waals surface area contributed by atoms with E-state index in [9.17, 15) is 14.7 Å². The Kier molecular flexibility index (Phi) is 4.59. The van der Waals surface area contributed by atoms with Gasteiger partial charge in [-0.3, -0.25) is 4.79 Å². The van der Waals surface area contributed by atoms with Crippen LogP contribution in [0.1, 0.15) is 45.4 Å². The number of carboxylic acids is 1. The Bertz CT molecular complexity index is 237. The predicted octanol–water partition coefficient (Wildman–Crippen LogP) is 0.638. The molecule has 4 heteroatoms. The van der Waals surface area contributed by atoms with E-state index in [1.54, 1.807) is 0 Å². The van der Waals surface area contributed by atoms with Crippen molar-refractivity contribution >= 4 is 11.9 Å².